The maximum Gasteiger partial charge on any atom is 0.256 e. The molecule has 2 aromatic carbocycles. The van der Waals surface area contributed by atoms with E-state index in [-0.39, 0.29) is 5.91 Å². The smallest absolute Gasteiger partial charge is 0.256 e. The number of hydrogen-bond donors (Lipinski definition) is 1. The second-order valence-corrected chi connectivity index (χ2v) is 6.69. The molecular weight excluding hydrogens is 429 g/mol. The Morgan fingerprint density at radius 2 is 1.85 bits per heavy atom. The maximum atomic E-state index is 12.3. The molecule has 0 aromatic heterocycles. The molecule has 0 bridgehead atoms. The van der Waals surface area contributed by atoms with Crippen LogP contribution in [0.2, 0.25) is 10.0 Å². The number of rotatable bonds is 2. The Hall–Kier alpha value is -0.550. The third kappa shape index (κ3) is 3.37. The van der Waals surface area contributed by atoms with Crippen LogP contribution in [-0.4, -0.2) is 5.91 Å². The first-order valence-corrected chi connectivity index (χ1v) is 7.95. The summed E-state index contributed by atoms with van der Waals surface area (Å²) in [4.78, 5) is 12.3. The molecule has 0 radical (unpaired) electrons. The first-order valence-electron chi connectivity index (χ1n) is 5.61. The van der Waals surface area contributed by atoms with Crippen molar-refractivity contribution in [2.75, 3.05) is 5.32 Å². The Morgan fingerprint density at radius 3 is 2.50 bits per heavy atom. The van der Waals surface area contributed by atoms with Gasteiger partial charge in [0.2, 0.25) is 0 Å². The highest BCUT2D eigenvalue weighted by molar-refractivity contribution is 9.11. The number of carbonyl (C=O) groups excluding carboxylic acids is 1. The van der Waals surface area contributed by atoms with Gasteiger partial charge in [0.25, 0.3) is 5.91 Å². The number of aryl methyl sites for hydroxylation is 1. The summed E-state index contributed by atoms with van der Waals surface area (Å²) in [6.07, 6.45) is 0. The first-order chi connectivity index (χ1) is 9.40. The standard InChI is InChI=1S/C14H9Br2Cl2NO/c1-7-2-5-11(17)13(12(7)18)19-14(20)9-4-3-8(15)6-10(9)16/h2-6H,1H3,(H,19,20). The van der Waals surface area contributed by atoms with Gasteiger partial charge in [0, 0.05) is 8.95 Å². The lowest BCUT2D eigenvalue weighted by Gasteiger charge is -2.12. The minimum Gasteiger partial charge on any atom is -0.319 e. The SMILES string of the molecule is Cc1ccc(Cl)c(NC(=O)c2ccc(Br)cc2Br)c1Cl. The van der Waals surface area contributed by atoms with Crippen LogP contribution in [0.4, 0.5) is 5.69 Å². The molecule has 6 heteroatoms. The summed E-state index contributed by atoms with van der Waals surface area (Å²) in [6, 6.07) is 8.81. The van der Waals surface area contributed by atoms with E-state index in [1.807, 2.05) is 6.92 Å². The van der Waals surface area contributed by atoms with Crippen molar-refractivity contribution in [2.24, 2.45) is 0 Å². The van der Waals surface area contributed by atoms with E-state index in [2.05, 4.69) is 37.2 Å². The Morgan fingerprint density at radius 1 is 1.15 bits per heavy atom. The summed E-state index contributed by atoms with van der Waals surface area (Å²) in [5.41, 5.74) is 1.77. The molecule has 0 aliphatic carbocycles. The number of hydrogen-bond acceptors (Lipinski definition) is 1. The van der Waals surface area contributed by atoms with Gasteiger partial charge in [-0.1, -0.05) is 45.2 Å². The van der Waals surface area contributed by atoms with Crippen molar-refractivity contribution in [1.29, 1.82) is 0 Å². The molecule has 2 aromatic rings. The van der Waals surface area contributed by atoms with E-state index < -0.39 is 0 Å². The lowest BCUT2D eigenvalue weighted by molar-refractivity contribution is 0.102. The molecule has 0 heterocycles. The van der Waals surface area contributed by atoms with Crippen molar-refractivity contribution in [3.05, 3.63) is 60.4 Å². The highest BCUT2D eigenvalue weighted by atomic mass is 79.9. The fourth-order valence-electron chi connectivity index (χ4n) is 1.63. The molecule has 0 saturated heterocycles. The molecule has 0 fully saturated rings. The highest BCUT2D eigenvalue weighted by Gasteiger charge is 2.15. The summed E-state index contributed by atoms with van der Waals surface area (Å²) in [5.74, 6) is -0.279. The number of carbonyl (C=O) groups is 1. The fourth-order valence-corrected chi connectivity index (χ4v) is 3.32. The molecule has 0 aliphatic heterocycles. The highest BCUT2D eigenvalue weighted by Crippen LogP contribution is 2.33. The van der Waals surface area contributed by atoms with Crippen molar-refractivity contribution in [3.63, 3.8) is 0 Å². The minimum absolute atomic E-state index is 0.279. The predicted molar refractivity (Wildman–Crippen MR) is 91.0 cm³/mol. The third-order valence-corrected chi connectivity index (χ3v) is 4.65. The number of benzene rings is 2. The minimum atomic E-state index is -0.279. The van der Waals surface area contributed by atoms with Crippen LogP contribution in [0.5, 0.6) is 0 Å². The van der Waals surface area contributed by atoms with E-state index in [0.717, 1.165) is 10.0 Å². The van der Waals surface area contributed by atoms with Gasteiger partial charge in [0.05, 0.1) is 21.3 Å². The maximum absolute atomic E-state index is 12.3. The van der Waals surface area contributed by atoms with E-state index in [0.29, 0.717) is 25.8 Å². The van der Waals surface area contributed by atoms with Crippen LogP contribution in [0.25, 0.3) is 0 Å². The van der Waals surface area contributed by atoms with Gasteiger partial charge in [-0.15, -0.1) is 0 Å². The Kier molecular flexibility index (Phi) is 5.13. The molecule has 0 aliphatic rings. The average molecular weight is 438 g/mol. The topological polar surface area (TPSA) is 29.1 Å². The van der Waals surface area contributed by atoms with Crippen molar-refractivity contribution in [2.45, 2.75) is 6.92 Å². The number of amides is 1. The summed E-state index contributed by atoms with van der Waals surface area (Å²) >= 11 is 19.0. The second kappa shape index (κ2) is 6.48. The number of halogens is 4. The van der Waals surface area contributed by atoms with Crippen LogP contribution in [0.15, 0.2) is 39.3 Å². The molecule has 2 nitrogen and oxygen atoms in total. The molecule has 0 spiro atoms. The Labute approximate surface area is 143 Å². The lowest BCUT2D eigenvalue weighted by Crippen LogP contribution is -2.13. The van der Waals surface area contributed by atoms with E-state index >= 15 is 0 Å². The molecule has 0 atom stereocenters. The average Bonchev–Trinajstić information content (AvgIpc) is 2.39. The van der Waals surface area contributed by atoms with Crippen LogP contribution in [0, 0.1) is 6.92 Å². The van der Waals surface area contributed by atoms with Crippen LogP contribution in [0.3, 0.4) is 0 Å². The monoisotopic (exact) mass is 435 g/mol. The van der Waals surface area contributed by atoms with E-state index in [4.69, 9.17) is 23.2 Å². The summed E-state index contributed by atoms with van der Waals surface area (Å²) in [6.45, 7) is 1.85. The van der Waals surface area contributed by atoms with Crippen LogP contribution >= 0.6 is 55.1 Å². The Bertz CT molecular complexity index is 689. The largest absolute Gasteiger partial charge is 0.319 e. The molecule has 0 saturated carbocycles. The molecular formula is C14H9Br2Cl2NO. The van der Waals surface area contributed by atoms with Crippen molar-refractivity contribution in [1.82, 2.24) is 0 Å². The molecule has 1 amide bonds. The predicted octanol–water partition coefficient (Wildman–Crippen LogP) is 6.08. The summed E-state index contributed by atoms with van der Waals surface area (Å²) in [5, 5.41) is 3.60. The molecule has 1 N–H and O–H groups in total. The third-order valence-electron chi connectivity index (χ3n) is 2.70. The lowest BCUT2D eigenvalue weighted by atomic mass is 10.2. The molecule has 0 unspecified atom stereocenters. The first kappa shape index (κ1) is 15.8. The van der Waals surface area contributed by atoms with Gasteiger partial charge < -0.3 is 5.32 Å². The van der Waals surface area contributed by atoms with E-state index in [9.17, 15) is 4.79 Å². The van der Waals surface area contributed by atoms with Gasteiger partial charge in [0.15, 0.2) is 0 Å². The van der Waals surface area contributed by atoms with Gasteiger partial charge in [-0.05, 0) is 52.7 Å². The summed E-state index contributed by atoms with van der Waals surface area (Å²) in [7, 11) is 0. The Balaban J connectivity index is 2.35. The number of nitrogens with one attached hydrogen (secondary N) is 1. The molecule has 104 valence electrons. The molecule has 2 rings (SSSR count). The van der Waals surface area contributed by atoms with Crippen molar-refractivity contribution in [3.8, 4) is 0 Å². The second-order valence-electron chi connectivity index (χ2n) is 4.13. The van der Waals surface area contributed by atoms with Crippen molar-refractivity contribution >= 4 is 66.7 Å². The van der Waals surface area contributed by atoms with E-state index in [1.165, 1.54) is 0 Å². The van der Waals surface area contributed by atoms with Crippen molar-refractivity contribution < 1.29 is 4.79 Å². The van der Waals surface area contributed by atoms with Crippen LogP contribution < -0.4 is 5.32 Å². The fraction of sp³-hybridized carbons (Fsp3) is 0.0714. The molecule has 20 heavy (non-hydrogen) atoms. The summed E-state index contributed by atoms with van der Waals surface area (Å²) < 4.78 is 1.57. The van der Waals surface area contributed by atoms with E-state index in [1.54, 1.807) is 30.3 Å². The van der Waals surface area contributed by atoms with Crippen LogP contribution in [0.1, 0.15) is 15.9 Å². The quantitative estimate of drug-likeness (QED) is 0.606. The zero-order chi connectivity index (χ0) is 14.9. The van der Waals surface area contributed by atoms with Gasteiger partial charge in [-0.2, -0.15) is 0 Å². The van der Waals surface area contributed by atoms with Crippen LogP contribution in [-0.2, 0) is 0 Å². The van der Waals surface area contributed by atoms with Gasteiger partial charge >= 0.3 is 0 Å². The zero-order valence-corrected chi connectivity index (χ0v) is 15.0. The zero-order valence-electron chi connectivity index (χ0n) is 10.3. The normalized spacial score (nSPS) is 10.4. The van der Waals surface area contributed by atoms with Gasteiger partial charge in [-0.3, -0.25) is 4.79 Å². The van der Waals surface area contributed by atoms with Gasteiger partial charge in [-0.25, -0.2) is 0 Å². The van der Waals surface area contributed by atoms with Gasteiger partial charge in [0.1, 0.15) is 0 Å². The number of anilines is 1.